The summed E-state index contributed by atoms with van der Waals surface area (Å²) in [6, 6.07) is 15.2. The van der Waals surface area contributed by atoms with Crippen LogP contribution >= 0.6 is 15.9 Å². The molecule has 2 rings (SSSR count). The van der Waals surface area contributed by atoms with Crippen molar-refractivity contribution in [1.29, 1.82) is 0 Å². The van der Waals surface area contributed by atoms with Crippen LogP contribution in [0.15, 0.2) is 46.9 Å². The van der Waals surface area contributed by atoms with E-state index in [0.29, 0.717) is 0 Å². The van der Waals surface area contributed by atoms with Crippen molar-refractivity contribution in [2.75, 3.05) is 0 Å². The topological polar surface area (TPSA) is 0 Å². The van der Waals surface area contributed by atoms with E-state index >= 15 is 0 Å². The molecule has 0 aliphatic carbocycles. The van der Waals surface area contributed by atoms with Gasteiger partial charge in [-0.05, 0) is 35.1 Å². The maximum absolute atomic E-state index is 3.71. The van der Waals surface area contributed by atoms with Crippen LogP contribution in [0.25, 0.3) is 11.1 Å². The van der Waals surface area contributed by atoms with Crippen molar-refractivity contribution in [3.63, 3.8) is 0 Å². The number of aryl methyl sites for hydroxylation is 2. The number of benzene rings is 2. The SMILES string of the molecule is CCc1cc(-c2ccccc2)cc(CC)c1Br. The van der Waals surface area contributed by atoms with Gasteiger partial charge in [0.2, 0.25) is 0 Å². The fourth-order valence-electron chi connectivity index (χ4n) is 2.06. The van der Waals surface area contributed by atoms with Crippen molar-refractivity contribution in [2.45, 2.75) is 26.7 Å². The highest BCUT2D eigenvalue weighted by Gasteiger charge is 2.07. The van der Waals surface area contributed by atoms with Crippen molar-refractivity contribution in [3.8, 4) is 11.1 Å². The summed E-state index contributed by atoms with van der Waals surface area (Å²) in [6.07, 6.45) is 2.13. The smallest absolute Gasteiger partial charge is 0.0239 e. The second-order valence-electron chi connectivity index (χ2n) is 4.18. The Morgan fingerprint density at radius 2 is 1.35 bits per heavy atom. The molecule has 0 aliphatic heterocycles. The van der Waals surface area contributed by atoms with E-state index in [-0.39, 0.29) is 0 Å². The van der Waals surface area contributed by atoms with E-state index in [1.807, 2.05) is 0 Å². The van der Waals surface area contributed by atoms with Gasteiger partial charge in [-0.25, -0.2) is 0 Å². The molecule has 0 spiro atoms. The van der Waals surface area contributed by atoms with E-state index in [1.165, 1.54) is 26.7 Å². The van der Waals surface area contributed by atoms with E-state index < -0.39 is 0 Å². The Hall–Kier alpha value is -1.08. The van der Waals surface area contributed by atoms with Crippen molar-refractivity contribution >= 4 is 15.9 Å². The predicted octanol–water partition coefficient (Wildman–Crippen LogP) is 5.24. The lowest BCUT2D eigenvalue weighted by Crippen LogP contribution is -1.92. The normalized spacial score (nSPS) is 10.5. The summed E-state index contributed by atoms with van der Waals surface area (Å²) < 4.78 is 1.28. The molecule has 0 N–H and O–H groups in total. The number of rotatable bonds is 3. The molecule has 17 heavy (non-hydrogen) atoms. The zero-order chi connectivity index (χ0) is 12.3. The summed E-state index contributed by atoms with van der Waals surface area (Å²) in [7, 11) is 0. The molecule has 88 valence electrons. The average molecular weight is 289 g/mol. The zero-order valence-corrected chi connectivity index (χ0v) is 11.9. The number of hydrogen-bond donors (Lipinski definition) is 0. The van der Waals surface area contributed by atoms with Crippen LogP contribution in [0.3, 0.4) is 0 Å². The first kappa shape index (κ1) is 12.4. The van der Waals surface area contributed by atoms with Gasteiger partial charge in [-0.1, -0.05) is 72.2 Å². The van der Waals surface area contributed by atoms with Crippen molar-refractivity contribution in [1.82, 2.24) is 0 Å². The summed E-state index contributed by atoms with van der Waals surface area (Å²) in [5, 5.41) is 0. The first-order chi connectivity index (χ1) is 8.26. The highest BCUT2D eigenvalue weighted by molar-refractivity contribution is 9.10. The molecule has 0 bridgehead atoms. The molecule has 0 saturated heterocycles. The van der Waals surface area contributed by atoms with Crippen molar-refractivity contribution in [2.24, 2.45) is 0 Å². The molecule has 0 amide bonds. The van der Waals surface area contributed by atoms with Gasteiger partial charge in [0.25, 0.3) is 0 Å². The fraction of sp³-hybridized carbons (Fsp3) is 0.250. The molecular formula is C16H17Br. The minimum atomic E-state index is 1.06. The van der Waals surface area contributed by atoms with Gasteiger partial charge in [0.05, 0.1) is 0 Å². The van der Waals surface area contributed by atoms with Gasteiger partial charge < -0.3 is 0 Å². The summed E-state index contributed by atoms with van der Waals surface area (Å²) in [5.74, 6) is 0. The Kier molecular flexibility index (Phi) is 4.01. The van der Waals surface area contributed by atoms with Crippen LogP contribution in [-0.2, 0) is 12.8 Å². The average Bonchev–Trinajstić information content (AvgIpc) is 2.40. The van der Waals surface area contributed by atoms with Crippen LogP contribution in [0.1, 0.15) is 25.0 Å². The first-order valence-electron chi connectivity index (χ1n) is 6.13. The van der Waals surface area contributed by atoms with Crippen LogP contribution in [0, 0.1) is 0 Å². The summed E-state index contributed by atoms with van der Waals surface area (Å²) >= 11 is 3.71. The molecule has 0 radical (unpaired) electrons. The Balaban J connectivity index is 2.56. The molecule has 2 aromatic rings. The second kappa shape index (κ2) is 5.50. The lowest BCUT2D eigenvalue weighted by Gasteiger charge is -2.11. The van der Waals surface area contributed by atoms with E-state index in [1.54, 1.807) is 0 Å². The third-order valence-electron chi connectivity index (χ3n) is 3.09. The standard InChI is InChI=1S/C16H17Br/c1-3-12-10-15(11-13(4-2)16(12)17)14-8-6-5-7-9-14/h5-11H,3-4H2,1-2H3. The largest absolute Gasteiger partial charge is 0.0622 e. The summed E-state index contributed by atoms with van der Waals surface area (Å²) in [4.78, 5) is 0. The number of halogens is 1. The highest BCUT2D eigenvalue weighted by atomic mass is 79.9. The third-order valence-corrected chi connectivity index (χ3v) is 4.11. The molecule has 0 nitrogen and oxygen atoms in total. The zero-order valence-electron chi connectivity index (χ0n) is 10.3. The molecule has 2 aromatic carbocycles. The van der Waals surface area contributed by atoms with Gasteiger partial charge in [0, 0.05) is 4.47 Å². The molecule has 0 aliphatic rings. The van der Waals surface area contributed by atoms with Gasteiger partial charge in [0.15, 0.2) is 0 Å². The monoisotopic (exact) mass is 288 g/mol. The number of hydrogen-bond acceptors (Lipinski definition) is 0. The molecule has 0 unspecified atom stereocenters. The maximum Gasteiger partial charge on any atom is 0.0239 e. The quantitative estimate of drug-likeness (QED) is 0.724. The minimum Gasteiger partial charge on any atom is -0.0622 e. The van der Waals surface area contributed by atoms with Gasteiger partial charge >= 0.3 is 0 Å². The second-order valence-corrected chi connectivity index (χ2v) is 4.97. The Labute approximate surface area is 112 Å². The Bertz CT molecular complexity index is 475. The molecule has 1 heteroatoms. The fourth-order valence-corrected chi connectivity index (χ4v) is 2.85. The molecule has 0 atom stereocenters. The molecule has 0 fully saturated rings. The first-order valence-corrected chi connectivity index (χ1v) is 6.92. The molecular weight excluding hydrogens is 272 g/mol. The van der Waals surface area contributed by atoms with Crippen molar-refractivity contribution in [3.05, 3.63) is 58.1 Å². The molecule has 0 heterocycles. The molecule has 0 aromatic heterocycles. The van der Waals surface area contributed by atoms with Crippen LogP contribution in [0.2, 0.25) is 0 Å². The van der Waals surface area contributed by atoms with E-state index in [4.69, 9.17) is 0 Å². The lowest BCUT2D eigenvalue weighted by molar-refractivity contribution is 1.07. The maximum atomic E-state index is 3.71. The molecule has 0 saturated carbocycles. The van der Waals surface area contributed by atoms with Gasteiger partial charge in [-0.3, -0.25) is 0 Å². The van der Waals surface area contributed by atoms with E-state index in [0.717, 1.165) is 12.8 Å². The predicted molar refractivity (Wildman–Crippen MR) is 78.3 cm³/mol. The van der Waals surface area contributed by atoms with E-state index in [9.17, 15) is 0 Å². The summed E-state index contributed by atoms with van der Waals surface area (Å²) in [6.45, 7) is 4.41. The Morgan fingerprint density at radius 1 is 0.824 bits per heavy atom. The van der Waals surface area contributed by atoms with Gasteiger partial charge in [0.1, 0.15) is 0 Å². The Morgan fingerprint density at radius 3 is 1.82 bits per heavy atom. The third kappa shape index (κ3) is 2.61. The van der Waals surface area contributed by atoms with Crippen LogP contribution < -0.4 is 0 Å². The van der Waals surface area contributed by atoms with Crippen LogP contribution in [0.5, 0.6) is 0 Å². The van der Waals surface area contributed by atoms with E-state index in [2.05, 4.69) is 72.2 Å². The minimum absolute atomic E-state index is 1.06. The lowest BCUT2D eigenvalue weighted by atomic mass is 9.98. The van der Waals surface area contributed by atoms with Gasteiger partial charge in [-0.15, -0.1) is 0 Å². The van der Waals surface area contributed by atoms with Crippen LogP contribution in [0.4, 0.5) is 0 Å². The highest BCUT2D eigenvalue weighted by Crippen LogP contribution is 2.30. The summed E-state index contributed by atoms with van der Waals surface area (Å²) in [5.41, 5.74) is 5.40. The van der Waals surface area contributed by atoms with Gasteiger partial charge in [-0.2, -0.15) is 0 Å². The van der Waals surface area contributed by atoms with Crippen LogP contribution in [-0.4, -0.2) is 0 Å². The van der Waals surface area contributed by atoms with Crippen molar-refractivity contribution < 1.29 is 0 Å².